The molecule has 1 heterocycles. The number of alkyl halides is 1. The van der Waals surface area contributed by atoms with Crippen LogP contribution in [-0.4, -0.2) is 27.7 Å². The Morgan fingerprint density at radius 2 is 2.00 bits per heavy atom. The summed E-state index contributed by atoms with van der Waals surface area (Å²) in [7, 11) is 0. The lowest BCUT2D eigenvalue weighted by atomic mass is 10.2. The van der Waals surface area contributed by atoms with Crippen LogP contribution in [0.1, 0.15) is 27.7 Å². The molecule has 0 saturated heterocycles. The van der Waals surface area contributed by atoms with Crippen molar-refractivity contribution in [2.24, 2.45) is 0 Å². The van der Waals surface area contributed by atoms with E-state index in [1.165, 1.54) is 0 Å². The molecule has 0 radical (unpaired) electrons. The van der Waals surface area contributed by atoms with Crippen molar-refractivity contribution in [1.29, 1.82) is 0 Å². The Labute approximate surface area is 126 Å². The minimum atomic E-state index is -0.119. The summed E-state index contributed by atoms with van der Waals surface area (Å²) in [6.07, 6.45) is 0. The highest BCUT2D eigenvalue weighted by Crippen LogP contribution is 2.15. The summed E-state index contributed by atoms with van der Waals surface area (Å²) in [5.74, 6) is 0.732. The summed E-state index contributed by atoms with van der Waals surface area (Å²) in [4.78, 5) is 18.5. The number of nitrogens with zero attached hydrogens (tertiary/aromatic N) is 2. The van der Waals surface area contributed by atoms with E-state index in [1.807, 2.05) is 30.3 Å². The molecule has 0 bridgehead atoms. The van der Waals surface area contributed by atoms with Gasteiger partial charge >= 0.3 is 0 Å². The number of hydrogen-bond acceptors (Lipinski definition) is 3. The molecule has 0 saturated carbocycles. The van der Waals surface area contributed by atoms with Gasteiger partial charge in [-0.2, -0.15) is 0 Å². The zero-order valence-electron chi connectivity index (χ0n) is 11.6. The van der Waals surface area contributed by atoms with Gasteiger partial charge in [0.1, 0.15) is 0 Å². The quantitative estimate of drug-likeness (QED) is 0.787. The molecule has 0 unspecified atom stereocenters. The summed E-state index contributed by atoms with van der Waals surface area (Å²) >= 11 is 3.39. The summed E-state index contributed by atoms with van der Waals surface area (Å²) in [6.45, 7) is 4.71. The van der Waals surface area contributed by atoms with E-state index in [4.69, 9.17) is 4.42 Å². The fourth-order valence-corrected chi connectivity index (χ4v) is 2.46. The fraction of sp³-hybridized carbons (Fsp3) is 0.333. The second kappa shape index (κ2) is 6.70. The van der Waals surface area contributed by atoms with Gasteiger partial charge in [0.05, 0.1) is 5.69 Å². The molecule has 2 rings (SSSR count). The van der Waals surface area contributed by atoms with Gasteiger partial charge in [0.2, 0.25) is 5.76 Å². The molecule has 0 fully saturated rings. The number of aromatic nitrogens is 1. The summed E-state index contributed by atoms with van der Waals surface area (Å²) < 4.78 is 5.42. The number of aryl methyl sites for hydroxylation is 2. The Bertz CT molecular complexity index is 581. The van der Waals surface area contributed by atoms with Crippen LogP contribution in [0.15, 0.2) is 34.7 Å². The van der Waals surface area contributed by atoms with Gasteiger partial charge in [-0.05, 0) is 12.5 Å². The van der Waals surface area contributed by atoms with Crippen LogP contribution in [0.2, 0.25) is 0 Å². The molecular weight excluding hydrogens is 320 g/mol. The highest BCUT2D eigenvalue weighted by atomic mass is 79.9. The predicted octanol–water partition coefficient (Wildman–Crippen LogP) is 3.33. The van der Waals surface area contributed by atoms with Crippen molar-refractivity contribution in [2.75, 3.05) is 11.9 Å². The van der Waals surface area contributed by atoms with Crippen LogP contribution in [0.25, 0.3) is 0 Å². The third-order valence-corrected chi connectivity index (χ3v) is 3.31. The van der Waals surface area contributed by atoms with Gasteiger partial charge in [0.25, 0.3) is 5.91 Å². The Kier molecular flexibility index (Phi) is 4.95. The summed E-state index contributed by atoms with van der Waals surface area (Å²) in [5, 5.41) is 0.720. The molecule has 0 aliphatic heterocycles. The van der Waals surface area contributed by atoms with Crippen molar-refractivity contribution in [2.45, 2.75) is 20.4 Å². The van der Waals surface area contributed by atoms with E-state index in [9.17, 15) is 4.79 Å². The molecule has 20 heavy (non-hydrogen) atoms. The van der Waals surface area contributed by atoms with Crippen molar-refractivity contribution >= 4 is 21.8 Å². The minimum Gasteiger partial charge on any atom is -0.436 e. The van der Waals surface area contributed by atoms with Crippen LogP contribution in [0.4, 0.5) is 0 Å². The first-order chi connectivity index (χ1) is 9.61. The van der Waals surface area contributed by atoms with E-state index in [0.29, 0.717) is 30.4 Å². The highest BCUT2D eigenvalue weighted by molar-refractivity contribution is 9.09. The molecule has 5 heteroatoms. The maximum Gasteiger partial charge on any atom is 0.291 e. The molecule has 1 aromatic heterocycles. The third kappa shape index (κ3) is 3.48. The van der Waals surface area contributed by atoms with Gasteiger partial charge < -0.3 is 9.32 Å². The number of carbonyl (C=O) groups is 1. The lowest BCUT2D eigenvalue weighted by Crippen LogP contribution is -2.32. The Morgan fingerprint density at radius 1 is 1.30 bits per heavy atom. The Hall–Kier alpha value is -1.62. The molecule has 0 spiro atoms. The van der Waals surface area contributed by atoms with Crippen LogP contribution >= 0.6 is 15.9 Å². The van der Waals surface area contributed by atoms with Crippen molar-refractivity contribution in [3.63, 3.8) is 0 Å². The average molecular weight is 337 g/mol. The van der Waals surface area contributed by atoms with Gasteiger partial charge in [-0.25, -0.2) is 4.98 Å². The SMILES string of the molecule is Cc1nc(C)c(C(=O)N(CCBr)Cc2ccccc2)o1. The zero-order valence-corrected chi connectivity index (χ0v) is 13.2. The Morgan fingerprint density at radius 3 is 2.55 bits per heavy atom. The number of carbonyl (C=O) groups excluding carboxylic acids is 1. The average Bonchev–Trinajstić information content (AvgIpc) is 2.77. The van der Waals surface area contributed by atoms with Gasteiger partial charge in [-0.1, -0.05) is 46.3 Å². The molecular formula is C15H17BrN2O2. The van der Waals surface area contributed by atoms with Gasteiger partial charge in [0.15, 0.2) is 5.89 Å². The van der Waals surface area contributed by atoms with E-state index in [-0.39, 0.29) is 5.91 Å². The molecule has 1 aromatic carbocycles. The van der Waals surface area contributed by atoms with Crippen LogP contribution < -0.4 is 0 Å². The van der Waals surface area contributed by atoms with Gasteiger partial charge in [0, 0.05) is 25.3 Å². The molecule has 0 aliphatic rings. The molecule has 4 nitrogen and oxygen atoms in total. The second-order valence-electron chi connectivity index (χ2n) is 4.55. The van der Waals surface area contributed by atoms with E-state index >= 15 is 0 Å². The predicted molar refractivity (Wildman–Crippen MR) is 81.0 cm³/mol. The Balaban J connectivity index is 2.20. The maximum absolute atomic E-state index is 12.5. The van der Waals surface area contributed by atoms with Crippen molar-refractivity contribution < 1.29 is 9.21 Å². The maximum atomic E-state index is 12.5. The number of amides is 1. The van der Waals surface area contributed by atoms with Crippen molar-refractivity contribution in [3.8, 4) is 0 Å². The molecule has 0 aliphatic carbocycles. The van der Waals surface area contributed by atoms with Crippen LogP contribution in [0.3, 0.4) is 0 Å². The minimum absolute atomic E-state index is 0.119. The smallest absolute Gasteiger partial charge is 0.291 e. The third-order valence-electron chi connectivity index (χ3n) is 2.96. The van der Waals surface area contributed by atoms with Gasteiger partial charge in [-0.3, -0.25) is 4.79 Å². The molecule has 0 atom stereocenters. The van der Waals surface area contributed by atoms with Crippen molar-refractivity contribution in [3.05, 3.63) is 53.2 Å². The first-order valence-electron chi connectivity index (χ1n) is 6.45. The number of oxazole rings is 1. The zero-order chi connectivity index (χ0) is 14.5. The number of hydrogen-bond donors (Lipinski definition) is 0. The van der Waals surface area contributed by atoms with E-state index in [2.05, 4.69) is 20.9 Å². The van der Waals surface area contributed by atoms with Gasteiger partial charge in [-0.15, -0.1) is 0 Å². The highest BCUT2D eigenvalue weighted by Gasteiger charge is 2.22. The van der Waals surface area contributed by atoms with E-state index in [0.717, 1.165) is 10.9 Å². The lowest BCUT2D eigenvalue weighted by Gasteiger charge is -2.20. The van der Waals surface area contributed by atoms with Crippen LogP contribution in [0, 0.1) is 13.8 Å². The molecule has 2 aromatic rings. The largest absolute Gasteiger partial charge is 0.436 e. The topological polar surface area (TPSA) is 46.3 Å². The van der Waals surface area contributed by atoms with E-state index in [1.54, 1.807) is 18.7 Å². The standard InChI is InChI=1S/C15H17BrN2O2/c1-11-14(20-12(2)17-11)15(19)18(9-8-16)10-13-6-4-3-5-7-13/h3-7H,8-10H2,1-2H3. The second-order valence-corrected chi connectivity index (χ2v) is 5.34. The molecule has 1 amide bonds. The monoisotopic (exact) mass is 336 g/mol. The summed E-state index contributed by atoms with van der Waals surface area (Å²) in [6, 6.07) is 9.91. The van der Waals surface area contributed by atoms with Crippen molar-refractivity contribution in [1.82, 2.24) is 9.88 Å². The number of halogens is 1. The molecule has 0 N–H and O–H groups in total. The van der Waals surface area contributed by atoms with E-state index < -0.39 is 0 Å². The number of rotatable bonds is 5. The van der Waals surface area contributed by atoms with Crippen LogP contribution in [0.5, 0.6) is 0 Å². The normalized spacial score (nSPS) is 10.6. The molecule has 106 valence electrons. The lowest BCUT2D eigenvalue weighted by molar-refractivity contribution is 0.0720. The first kappa shape index (κ1) is 14.8. The fourth-order valence-electron chi connectivity index (χ4n) is 2.03. The van der Waals surface area contributed by atoms with Crippen LogP contribution in [-0.2, 0) is 6.54 Å². The summed E-state index contributed by atoms with van der Waals surface area (Å²) in [5.41, 5.74) is 1.73. The first-order valence-corrected chi connectivity index (χ1v) is 7.57. The number of benzene rings is 1.